The molecular weight excluding hydrogens is 272 g/mol. The number of aryl methyl sites for hydroxylation is 1. The van der Waals surface area contributed by atoms with E-state index in [0.29, 0.717) is 0 Å². The monoisotopic (exact) mass is 302 g/mol. The minimum absolute atomic E-state index is 0.761. The first-order valence-electron chi connectivity index (χ1n) is 8.22. The van der Waals surface area contributed by atoms with Gasteiger partial charge in [-0.3, -0.25) is 0 Å². The molecule has 0 saturated heterocycles. The van der Waals surface area contributed by atoms with Gasteiger partial charge in [0.2, 0.25) is 0 Å². The molecule has 0 aromatic heterocycles. The van der Waals surface area contributed by atoms with Crippen LogP contribution in [0.4, 0.5) is 0 Å². The highest BCUT2D eigenvalue weighted by molar-refractivity contribution is 5.39. The lowest BCUT2D eigenvalue weighted by atomic mass is 10.2. The zero-order chi connectivity index (χ0) is 16.6. The molecule has 0 N–H and O–H groups in total. The van der Waals surface area contributed by atoms with Gasteiger partial charge in [0.15, 0.2) is 11.5 Å². The molecule has 3 rings (SSSR count). The van der Waals surface area contributed by atoms with E-state index in [1.807, 2.05) is 70.2 Å². The summed E-state index contributed by atoms with van der Waals surface area (Å²) in [6.45, 7) is 11.6. The van der Waals surface area contributed by atoms with Gasteiger partial charge in [-0.1, -0.05) is 75.7 Å². The molecule has 122 valence electrons. The Labute approximate surface area is 136 Å². The normalized spacial score (nSPS) is 11.1. The first kappa shape index (κ1) is 20.0. The molecule has 0 aliphatic carbocycles. The third-order valence-corrected chi connectivity index (χ3v) is 2.59. The van der Waals surface area contributed by atoms with E-state index in [-0.39, 0.29) is 0 Å². The van der Waals surface area contributed by atoms with Gasteiger partial charge in [0.1, 0.15) is 0 Å². The number of hydrogen-bond donors (Lipinski definition) is 0. The Hall–Kier alpha value is -1.96. The predicted molar refractivity (Wildman–Crippen MR) is 95.9 cm³/mol. The highest BCUT2D eigenvalue weighted by Gasteiger charge is 2.06. The van der Waals surface area contributed by atoms with E-state index >= 15 is 0 Å². The van der Waals surface area contributed by atoms with E-state index in [4.69, 9.17) is 9.47 Å². The Morgan fingerprint density at radius 3 is 1.41 bits per heavy atom. The number of rotatable bonds is 0. The second-order valence-corrected chi connectivity index (χ2v) is 4.15. The minimum Gasteiger partial charge on any atom is -0.490 e. The van der Waals surface area contributed by atoms with Crippen molar-refractivity contribution in [1.82, 2.24) is 0 Å². The smallest absolute Gasteiger partial charge is 0.161 e. The van der Waals surface area contributed by atoms with E-state index in [0.717, 1.165) is 31.1 Å². The quantitative estimate of drug-likeness (QED) is 0.603. The average molecular weight is 302 g/mol. The van der Waals surface area contributed by atoms with Gasteiger partial charge in [-0.05, 0) is 19.1 Å². The summed E-state index contributed by atoms with van der Waals surface area (Å²) in [7, 11) is 0. The lowest BCUT2D eigenvalue weighted by Gasteiger charge is -2.04. The molecule has 0 bridgehead atoms. The molecule has 22 heavy (non-hydrogen) atoms. The van der Waals surface area contributed by atoms with Crippen molar-refractivity contribution < 1.29 is 9.47 Å². The largest absolute Gasteiger partial charge is 0.490 e. The Bertz CT molecular complexity index is 441. The van der Waals surface area contributed by atoms with Gasteiger partial charge in [-0.15, -0.1) is 0 Å². The van der Waals surface area contributed by atoms with Crippen molar-refractivity contribution in [2.75, 3.05) is 13.2 Å². The molecule has 2 heteroatoms. The fraction of sp³-hybridized carbons (Fsp3) is 0.400. The van der Waals surface area contributed by atoms with Crippen LogP contribution < -0.4 is 9.47 Å². The van der Waals surface area contributed by atoms with Crippen LogP contribution in [0.2, 0.25) is 0 Å². The van der Waals surface area contributed by atoms with E-state index in [2.05, 4.69) is 19.1 Å². The maximum atomic E-state index is 5.42. The Morgan fingerprint density at radius 2 is 1.05 bits per heavy atom. The Morgan fingerprint density at radius 1 is 0.636 bits per heavy atom. The number of fused-ring (bicyclic) bond motifs is 1. The highest BCUT2D eigenvalue weighted by atomic mass is 16.5. The summed E-state index contributed by atoms with van der Waals surface area (Å²) in [6.07, 6.45) is 0.967. The van der Waals surface area contributed by atoms with Crippen LogP contribution in [0.25, 0.3) is 0 Å². The zero-order valence-electron chi connectivity index (χ0n) is 14.6. The Kier molecular flexibility index (Phi) is 12.8. The van der Waals surface area contributed by atoms with Crippen molar-refractivity contribution in [3.8, 4) is 11.5 Å². The van der Waals surface area contributed by atoms with Gasteiger partial charge >= 0.3 is 0 Å². The molecule has 2 aromatic carbocycles. The Balaban J connectivity index is 0.000000348. The number of ether oxygens (including phenoxy) is 2. The van der Waals surface area contributed by atoms with Crippen molar-refractivity contribution in [3.05, 3.63) is 60.2 Å². The van der Waals surface area contributed by atoms with E-state index in [1.165, 1.54) is 5.56 Å². The van der Waals surface area contributed by atoms with E-state index in [9.17, 15) is 0 Å². The predicted octanol–water partition coefficient (Wildman–Crippen LogP) is 5.90. The molecule has 0 amide bonds. The first-order valence-corrected chi connectivity index (χ1v) is 8.22. The van der Waals surface area contributed by atoms with Crippen molar-refractivity contribution in [1.29, 1.82) is 0 Å². The molecule has 1 aliphatic heterocycles. The maximum Gasteiger partial charge on any atom is 0.161 e. The second-order valence-electron chi connectivity index (χ2n) is 4.15. The van der Waals surface area contributed by atoms with Crippen LogP contribution >= 0.6 is 0 Å². The second kappa shape index (κ2) is 14.0. The summed E-state index contributed by atoms with van der Waals surface area (Å²) in [5.41, 5.74) is 1.32. The SMILES string of the molecule is CC.CC.Cc1ccccc1.c1ccc2c(c1)OCCCO2. The summed E-state index contributed by atoms with van der Waals surface area (Å²) >= 11 is 0. The van der Waals surface area contributed by atoms with E-state index < -0.39 is 0 Å². The summed E-state index contributed by atoms with van der Waals surface area (Å²) < 4.78 is 10.8. The van der Waals surface area contributed by atoms with Crippen molar-refractivity contribution in [3.63, 3.8) is 0 Å². The molecule has 0 fully saturated rings. The zero-order valence-corrected chi connectivity index (χ0v) is 14.6. The van der Waals surface area contributed by atoms with Gasteiger partial charge in [0.25, 0.3) is 0 Å². The first-order chi connectivity index (χ1) is 10.9. The standard InChI is InChI=1S/C9H10O2.C7H8.2C2H6/c1-2-5-9-8(4-1)10-6-3-7-11-9;1-7-5-3-2-4-6-7;2*1-2/h1-2,4-5H,3,6-7H2;2-6H,1H3;2*1-2H3. The van der Waals surface area contributed by atoms with Gasteiger partial charge in [0.05, 0.1) is 13.2 Å². The molecule has 1 heterocycles. The van der Waals surface area contributed by atoms with Crippen LogP contribution in [0.5, 0.6) is 11.5 Å². The minimum atomic E-state index is 0.761. The fourth-order valence-corrected chi connectivity index (χ4v) is 1.65. The highest BCUT2D eigenvalue weighted by Crippen LogP contribution is 2.28. The van der Waals surface area contributed by atoms with Crippen LogP contribution in [0.15, 0.2) is 54.6 Å². The summed E-state index contributed by atoms with van der Waals surface area (Å²) in [4.78, 5) is 0. The summed E-state index contributed by atoms with van der Waals surface area (Å²) in [5, 5.41) is 0. The van der Waals surface area contributed by atoms with Gasteiger partial charge in [-0.2, -0.15) is 0 Å². The number of benzene rings is 2. The summed E-state index contributed by atoms with van der Waals surface area (Å²) in [5.74, 6) is 1.73. The lowest BCUT2D eigenvalue weighted by molar-refractivity contribution is 0.297. The van der Waals surface area contributed by atoms with Crippen molar-refractivity contribution in [2.24, 2.45) is 0 Å². The molecular formula is C20H30O2. The van der Waals surface area contributed by atoms with Crippen LogP contribution in [0.3, 0.4) is 0 Å². The molecule has 0 saturated carbocycles. The van der Waals surface area contributed by atoms with Crippen LogP contribution in [0, 0.1) is 6.92 Å². The fourth-order valence-electron chi connectivity index (χ4n) is 1.65. The molecule has 1 aliphatic rings. The van der Waals surface area contributed by atoms with Gasteiger partial charge < -0.3 is 9.47 Å². The average Bonchev–Trinajstić information content (AvgIpc) is 2.85. The molecule has 0 spiro atoms. The van der Waals surface area contributed by atoms with Crippen LogP contribution in [-0.4, -0.2) is 13.2 Å². The molecule has 0 atom stereocenters. The lowest BCUT2D eigenvalue weighted by Crippen LogP contribution is -1.97. The molecule has 0 radical (unpaired) electrons. The maximum absolute atomic E-state index is 5.42. The van der Waals surface area contributed by atoms with Crippen molar-refractivity contribution >= 4 is 0 Å². The third kappa shape index (κ3) is 8.35. The number of para-hydroxylation sites is 2. The topological polar surface area (TPSA) is 18.5 Å². The van der Waals surface area contributed by atoms with Crippen LogP contribution in [-0.2, 0) is 0 Å². The molecule has 0 unspecified atom stereocenters. The van der Waals surface area contributed by atoms with Gasteiger partial charge in [0, 0.05) is 6.42 Å². The molecule has 2 nitrogen and oxygen atoms in total. The number of hydrogen-bond acceptors (Lipinski definition) is 2. The van der Waals surface area contributed by atoms with Crippen LogP contribution in [0.1, 0.15) is 39.7 Å². The molecule has 2 aromatic rings. The summed E-state index contributed by atoms with van der Waals surface area (Å²) in [6, 6.07) is 18.0. The van der Waals surface area contributed by atoms with E-state index in [1.54, 1.807) is 0 Å². The van der Waals surface area contributed by atoms with Crippen molar-refractivity contribution in [2.45, 2.75) is 41.0 Å². The van der Waals surface area contributed by atoms with Gasteiger partial charge in [-0.25, -0.2) is 0 Å². The third-order valence-electron chi connectivity index (χ3n) is 2.59.